The number of carbonyl (C=O) groups excluding carboxylic acids is 1. The predicted octanol–water partition coefficient (Wildman–Crippen LogP) is 3.82. The molecule has 1 aromatic rings. The Bertz CT molecular complexity index is 613. The Labute approximate surface area is 170 Å². The van der Waals surface area contributed by atoms with Gasteiger partial charge >= 0.3 is 6.03 Å². The molecule has 6 nitrogen and oxygen atoms in total. The minimum Gasteiger partial charge on any atom is -0.497 e. The van der Waals surface area contributed by atoms with Crippen molar-refractivity contribution in [2.45, 2.75) is 46.1 Å². The molecule has 0 unspecified atom stereocenters. The van der Waals surface area contributed by atoms with Crippen LogP contribution in [-0.4, -0.2) is 51.3 Å². The van der Waals surface area contributed by atoms with E-state index in [2.05, 4.69) is 29.4 Å². The average Bonchev–Trinajstić information content (AvgIpc) is 2.66. The summed E-state index contributed by atoms with van der Waals surface area (Å²) in [6.45, 7) is 10.9. The zero-order valence-electron chi connectivity index (χ0n) is 18.1. The van der Waals surface area contributed by atoms with Gasteiger partial charge in [0.25, 0.3) is 0 Å². The first-order chi connectivity index (χ1) is 13.4. The summed E-state index contributed by atoms with van der Waals surface area (Å²) >= 11 is 0. The fraction of sp³-hybridized carbons (Fsp3) is 0.682. The van der Waals surface area contributed by atoms with Gasteiger partial charge in [-0.3, -0.25) is 0 Å². The summed E-state index contributed by atoms with van der Waals surface area (Å²) in [6.07, 6.45) is 3.45. The molecule has 0 spiro atoms. The second kappa shape index (κ2) is 11.1. The molecular weight excluding hydrogens is 354 g/mol. The second-order valence-electron chi connectivity index (χ2n) is 8.14. The van der Waals surface area contributed by atoms with E-state index in [1.165, 1.54) is 19.5 Å². The second-order valence-corrected chi connectivity index (χ2v) is 8.14. The Morgan fingerprint density at radius 3 is 2.54 bits per heavy atom. The average molecular weight is 392 g/mol. The molecule has 3 atom stereocenters. The fourth-order valence-corrected chi connectivity index (χ4v) is 4.14. The maximum atomic E-state index is 12.2. The lowest BCUT2D eigenvalue weighted by atomic mass is 9.92. The molecule has 28 heavy (non-hydrogen) atoms. The van der Waals surface area contributed by atoms with E-state index in [9.17, 15) is 4.79 Å². The highest BCUT2D eigenvalue weighted by molar-refractivity contribution is 5.74. The SMILES string of the molecule is COc1ccc([C@@H](C)NC(=O)NCCCCN2C[C@H](C)C[C@@H](C)C2)c(OC)c1. The molecule has 2 amide bonds. The summed E-state index contributed by atoms with van der Waals surface area (Å²) in [5.41, 5.74) is 0.923. The van der Waals surface area contributed by atoms with Gasteiger partial charge in [0.2, 0.25) is 0 Å². The number of unbranched alkanes of at least 4 members (excludes halogenated alkanes) is 1. The number of urea groups is 1. The van der Waals surface area contributed by atoms with Crippen LogP contribution in [0.5, 0.6) is 11.5 Å². The normalized spacial score (nSPS) is 21.0. The van der Waals surface area contributed by atoms with Crippen LogP contribution in [0.25, 0.3) is 0 Å². The number of ether oxygens (including phenoxy) is 2. The first-order valence-corrected chi connectivity index (χ1v) is 10.4. The number of piperidine rings is 1. The molecule has 0 radical (unpaired) electrons. The molecular formula is C22H37N3O3. The van der Waals surface area contributed by atoms with Gasteiger partial charge in [-0.1, -0.05) is 13.8 Å². The van der Waals surface area contributed by atoms with E-state index in [0.29, 0.717) is 12.3 Å². The fourth-order valence-electron chi connectivity index (χ4n) is 4.14. The Kier molecular flexibility index (Phi) is 8.90. The molecule has 158 valence electrons. The van der Waals surface area contributed by atoms with Crippen LogP contribution in [0, 0.1) is 11.8 Å². The summed E-state index contributed by atoms with van der Waals surface area (Å²) in [5, 5.41) is 5.94. The van der Waals surface area contributed by atoms with E-state index in [-0.39, 0.29) is 12.1 Å². The van der Waals surface area contributed by atoms with Crippen LogP contribution < -0.4 is 20.1 Å². The third-order valence-electron chi connectivity index (χ3n) is 5.39. The van der Waals surface area contributed by atoms with Crippen LogP contribution in [0.2, 0.25) is 0 Å². The van der Waals surface area contributed by atoms with Crippen LogP contribution >= 0.6 is 0 Å². The van der Waals surface area contributed by atoms with Crippen LogP contribution in [-0.2, 0) is 0 Å². The highest BCUT2D eigenvalue weighted by atomic mass is 16.5. The van der Waals surface area contributed by atoms with Gasteiger partial charge in [-0.05, 0) is 56.7 Å². The van der Waals surface area contributed by atoms with E-state index in [4.69, 9.17) is 9.47 Å². The molecule has 2 rings (SSSR count). The zero-order chi connectivity index (χ0) is 20.5. The van der Waals surface area contributed by atoms with Gasteiger partial charge in [0, 0.05) is 31.3 Å². The monoisotopic (exact) mass is 391 g/mol. The molecule has 1 aromatic carbocycles. The molecule has 0 aromatic heterocycles. The zero-order valence-corrected chi connectivity index (χ0v) is 18.1. The van der Waals surface area contributed by atoms with Crippen molar-refractivity contribution < 1.29 is 14.3 Å². The predicted molar refractivity (Wildman–Crippen MR) is 113 cm³/mol. The lowest BCUT2D eigenvalue weighted by Crippen LogP contribution is -2.40. The minimum atomic E-state index is -0.155. The lowest BCUT2D eigenvalue weighted by molar-refractivity contribution is 0.139. The van der Waals surface area contributed by atoms with Gasteiger partial charge in [0.1, 0.15) is 11.5 Å². The van der Waals surface area contributed by atoms with Crippen molar-refractivity contribution in [2.75, 3.05) is 40.4 Å². The number of likely N-dealkylation sites (tertiary alicyclic amines) is 1. The maximum absolute atomic E-state index is 12.2. The summed E-state index contributed by atoms with van der Waals surface area (Å²) in [7, 11) is 3.24. The van der Waals surface area contributed by atoms with Crippen molar-refractivity contribution in [3.05, 3.63) is 23.8 Å². The van der Waals surface area contributed by atoms with Crippen molar-refractivity contribution in [3.63, 3.8) is 0 Å². The van der Waals surface area contributed by atoms with Crippen LogP contribution in [0.1, 0.15) is 51.6 Å². The summed E-state index contributed by atoms with van der Waals surface area (Å²) in [4.78, 5) is 14.8. The molecule has 0 aliphatic carbocycles. The van der Waals surface area contributed by atoms with E-state index >= 15 is 0 Å². The van der Waals surface area contributed by atoms with E-state index in [1.807, 2.05) is 25.1 Å². The van der Waals surface area contributed by atoms with Crippen molar-refractivity contribution >= 4 is 6.03 Å². The molecule has 2 N–H and O–H groups in total. The van der Waals surface area contributed by atoms with Gasteiger partial charge in [-0.15, -0.1) is 0 Å². The Morgan fingerprint density at radius 1 is 1.18 bits per heavy atom. The number of nitrogens with zero attached hydrogens (tertiary/aromatic N) is 1. The number of amides is 2. The van der Waals surface area contributed by atoms with E-state index in [1.54, 1.807) is 14.2 Å². The molecule has 1 saturated heterocycles. The van der Waals surface area contributed by atoms with Gasteiger partial charge < -0.3 is 25.0 Å². The highest BCUT2D eigenvalue weighted by Crippen LogP contribution is 2.29. The van der Waals surface area contributed by atoms with E-state index in [0.717, 1.165) is 42.5 Å². The molecule has 6 heteroatoms. The lowest BCUT2D eigenvalue weighted by Gasteiger charge is -2.34. The van der Waals surface area contributed by atoms with Gasteiger partial charge in [-0.2, -0.15) is 0 Å². The number of benzene rings is 1. The van der Waals surface area contributed by atoms with Gasteiger partial charge in [0.05, 0.1) is 20.3 Å². The minimum absolute atomic E-state index is 0.148. The number of carbonyl (C=O) groups is 1. The molecule has 1 heterocycles. The van der Waals surface area contributed by atoms with Crippen LogP contribution in [0.15, 0.2) is 18.2 Å². The molecule has 1 aliphatic rings. The Morgan fingerprint density at radius 2 is 1.89 bits per heavy atom. The highest BCUT2D eigenvalue weighted by Gasteiger charge is 2.21. The first-order valence-electron chi connectivity index (χ1n) is 10.4. The quantitative estimate of drug-likeness (QED) is 0.628. The molecule has 0 bridgehead atoms. The van der Waals surface area contributed by atoms with Crippen molar-refractivity contribution in [1.29, 1.82) is 0 Å². The first kappa shape index (κ1) is 22.3. The summed E-state index contributed by atoms with van der Waals surface area (Å²) < 4.78 is 10.6. The van der Waals surface area contributed by atoms with Crippen LogP contribution in [0.3, 0.4) is 0 Å². The Hall–Kier alpha value is -1.95. The van der Waals surface area contributed by atoms with Crippen LogP contribution in [0.4, 0.5) is 4.79 Å². The largest absolute Gasteiger partial charge is 0.497 e. The standard InChI is InChI=1S/C22H37N3O3/c1-16-12-17(2)15-25(14-16)11-7-6-10-23-22(26)24-18(3)20-9-8-19(27-4)13-21(20)28-5/h8-9,13,16-18H,6-7,10-12,14-15H2,1-5H3,(H2,23,24,26)/t16-,17-,18-/m1/s1. The molecule has 1 fully saturated rings. The smallest absolute Gasteiger partial charge is 0.315 e. The van der Waals surface area contributed by atoms with Crippen molar-refractivity contribution in [1.82, 2.24) is 15.5 Å². The van der Waals surface area contributed by atoms with Crippen molar-refractivity contribution in [2.24, 2.45) is 11.8 Å². The van der Waals surface area contributed by atoms with E-state index < -0.39 is 0 Å². The summed E-state index contributed by atoms with van der Waals surface area (Å²) in [5.74, 6) is 3.03. The van der Waals surface area contributed by atoms with Gasteiger partial charge in [0.15, 0.2) is 0 Å². The maximum Gasteiger partial charge on any atom is 0.315 e. The number of methoxy groups -OCH3 is 2. The number of rotatable bonds is 9. The Balaban J connectivity index is 1.68. The van der Waals surface area contributed by atoms with Crippen molar-refractivity contribution in [3.8, 4) is 11.5 Å². The number of hydrogen-bond donors (Lipinski definition) is 2. The molecule has 1 aliphatic heterocycles. The topological polar surface area (TPSA) is 62.8 Å². The number of hydrogen-bond acceptors (Lipinski definition) is 4. The summed E-state index contributed by atoms with van der Waals surface area (Å²) in [6, 6.07) is 5.32. The third-order valence-corrected chi connectivity index (χ3v) is 5.39. The molecule has 0 saturated carbocycles. The van der Waals surface area contributed by atoms with Gasteiger partial charge in [-0.25, -0.2) is 4.79 Å². The third kappa shape index (κ3) is 6.89. The number of nitrogens with one attached hydrogen (secondary N) is 2.